The predicted molar refractivity (Wildman–Crippen MR) is 69.0 cm³/mol. The molecule has 0 spiro atoms. The molecule has 19 heavy (non-hydrogen) atoms. The van der Waals surface area contributed by atoms with Crippen LogP contribution in [0.4, 0.5) is 10.2 Å². The molecule has 2 aromatic rings. The number of halogens is 2. The first kappa shape index (κ1) is 13.7. The van der Waals surface area contributed by atoms with Gasteiger partial charge in [-0.05, 0) is 30.7 Å². The van der Waals surface area contributed by atoms with Crippen molar-refractivity contribution in [2.24, 2.45) is 0 Å². The summed E-state index contributed by atoms with van der Waals surface area (Å²) >= 11 is 5.61. The second-order valence-electron chi connectivity index (χ2n) is 3.74. The fraction of sp³-hybridized carbons (Fsp3) is 0.0909. The third-order valence-electron chi connectivity index (χ3n) is 2.27. The lowest BCUT2D eigenvalue weighted by atomic mass is 10.2. The number of aryl methyl sites for hydroxylation is 1. The summed E-state index contributed by atoms with van der Waals surface area (Å²) < 4.78 is 39.4. The summed E-state index contributed by atoms with van der Waals surface area (Å²) in [5.74, 6) is -0.504. The van der Waals surface area contributed by atoms with Crippen molar-refractivity contribution >= 4 is 27.4 Å². The molecule has 0 saturated heterocycles. The molecule has 0 aliphatic heterocycles. The van der Waals surface area contributed by atoms with Gasteiger partial charge in [-0.25, -0.2) is 17.8 Å². The molecule has 0 aliphatic rings. The minimum atomic E-state index is -3.86. The number of hydrogen-bond donors (Lipinski definition) is 1. The van der Waals surface area contributed by atoms with Gasteiger partial charge in [0.2, 0.25) is 0 Å². The Hall–Kier alpha value is -1.73. The van der Waals surface area contributed by atoms with Crippen LogP contribution in [0.25, 0.3) is 0 Å². The number of nitrogens with one attached hydrogen (secondary N) is 1. The van der Waals surface area contributed by atoms with E-state index in [1.54, 1.807) is 0 Å². The van der Waals surface area contributed by atoms with E-state index in [9.17, 15) is 12.8 Å². The number of rotatable bonds is 3. The molecule has 1 aromatic heterocycles. The van der Waals surface area contributed by atoms with Gasteiger partial charge >= 0.3 is 0 Å². The third kappa shape index (κ3) is 3.18. The van der Waals surface area contributed by atoms with E-state index in [0.29, 0.717) is 5.56 Å². The Morgan fingerprint density at radius 1 is 1.32 bits per heavy atom. The SMILES string of the molecule is Cc1cc(F)ccc1S(=O)(=O)Nc1cncc(Cl)n1. The van der Waals surface area contributed by atoms with Crippen molar-refractivity contribution in [3.05, 3.63) is 47.1 Å². The highest BCUT2D eigenvalue weighted by atomic mass is 35.5. The summed E-state index contributed by atoms with van der Waals surface area (Å²) in [5.41, 5.74) is 0.294. The normalized spacial score (nSPS) is 11.3. The number of hydrogen-bond acceptors (Lipinski definition) is 4. The lowest BCUT2D eigenvalue weighted by molar-refractivity contribution is 0.598. The molecule has 0 unspecified atom stereocenters. The van der Waals surface area contributed by atoms with E-state index in [0.717, 1.165) is 12.1 Å². The number of aromatic nitrogens is 2. The van der Waals surface area contributed by atoms with Crippen molar-refractivity contribution in [1.29, 1.82) is 0 Å². The summed E-state index contributed by atoms with van der Waals surface area (Å²) in [6, 6.07) is 3.40. The molecule has 1 heterocycles. The van der Waals surface area contributed by atoms with E-state index in [2.05, 4.69) is 14.7 Å². The molecule has 0 amide bonds. The molecule has 0 aliphatic carbocycles. The zero-order valence-corrected chi connectivity index (χ0v) is 11.3. The smallest absolute Gasteiger partial charge is 0.262 e. The van der Waals surface area contributed by atoms with Gasteiger partial charge in [-0.3, -0.25) is 9.71 Å². The van der Waals surface area contributed by atoms with Crippen LogP contribution in [0.3, 0.4) is 0 Å². The van der Waals surface area contributed by atoms with Crippen molar-refractivity contribution < 1.29 is 12.8 Å². The standard InChI is InChI=1S/C11H9ClFN3O2S/c1-7-4-8(13)2-3-9(7)19(17,18)16-11-6-14-5-10(12)15-11/h2-6H,1H3,(H,15,16). The molecule has 100 valence electrons. The lowest BCUT2D eigenvalue weighted by Crippen LogP contribution is -2.15. The molecule has 5 nitrogen and oxygen atoms in total. The first-order valence-electron chi connectivity index (χ1n) is 5.15. The van der Waals surface area contributed by atoms with Crippen LogP contribution >= 0.6 is 11.6 Å². The van der Waals surface area contributed by atoms with E-state index >= 15 is 0 Å². The first-order chi connectivity index (χ1) is 8.88. The summed E-state index contributed by atoms with van der Waals surface area (Å²) in [5, 5.41) is 0.0658. The minimum Gasteiger partial charge on any atom is -0.262 e. The lowest BCUT2D eigenvalue weighted by Gasteiger charge is -2.09. The Balaban J connectivity index is 2.38. The number of benzene rings is 1. The van der Waals surface area contributed by atoms with Gasteiger partial charge in [0.05, 0.1) is 17.3 Å². The molecular weight excluding hydrogens is 293 g/mol. The van der Waals surface area contributed by atoms with Crippen molar-refractivity contribution in [3.8, 4) is 0 Å². The quantitative estimate of drug-likeness (QED) is 0.945. The fourth-order valence-electron chi connectivity index (χ4n) is 1.50. The van der Waals surface area contributed by atoms with Gasteiger partial charge in [0.1, 0.15) is 11.0 Å². The van der Waals surface area contributed by atoms with Crippen molar-refractivity contribution in [1.82, 2.24) is 9.97 Å². The van der Waals surface area contributed by atoms with E-state index in [1.807, 2.05) is 0 Å². The van der Waals surface area contributed by atoms with Gasteiger partial charge in [0, 0.05) is 0 Å². The maximum absolute atomic E-state index is 13.0. The Bertz CT molecular complexity index is 722. The average Bonchev–Trinajstić information content (AvgIpc) is 2.27. The largest absolute Gasteiger partial charge is 0.263 e. The molecule has 0 bridgehead atoms. The van der Waals surface area contributed by atoms with Crippen LogP contribution in [0.1, 0.15) is 5.56 Å². The highest BCUT2D eigenvalue weighted by molar-refractivity contribution is 7.92. The molecule has 0 atom stereocenters. The molecule has 1 N–H and O–H groups in total. The van der Waals surface area contributed by atoms with Crippen LogP contribution in [0.15, 0.2) is 35.5 Å². The zero-order valence-electron chi connectivity index (χ0n) is 9.76. The minimum absolute atomic E-state index is 0.00350. The summed E-state index contributed by atoms with van der Waals surface area (Å²) in [6.07, 6.45) is 2.50. The van der Waals surface area contributed by atoms with E-state index in [1.165, 1.54) is 25.4 Å². The monoisotopic (exact) mass is 301 g/mol. The zero-order chi connectivity index (χ0) is 14.0. The molecule has 2 rings (SSSR count). The molecule has 1 aromatic carbocycles. The molecular formula is C11H9ClFN3O2S. The van der Waals surface area contributed by atoms with Crippen molar-refractivity contribution in [3.63, 3.8) is 0 Å². The maximum Gasteiger partial charge on any atom is 0.263 e. The van der Waals surface area contributed by atoms with Gasteiger partial charge in [-0.15, -0.1) is 0 Å². The molecule has 0 radical (unpaired) electrons. The number of sulfonamides is 1. The summed E-state index contributed by atoms with van der Waals surface area (Å²) in [6.45, 7) is 1.50. The van der Waals surface area contributed by atoms with Crippen molar-refractivity contribution in [2.75, 3.05) is 4.72 Å². The fourth-order valence-corrected chi connectivity index (χ4v) is 2.86. The van der Waals surface area contributed by atoms with Crippen LogP contribution < -0.4 is 4.72 Å². The van der Waals surface area contributed by atoms with Crippen LogP contribution in [0.2, 0.25) is 5.15 Å². The highest BCUT2D eigenvalue weighted by Gasteiger charge is 2.18. The highest BCUT2D eigenvalue weighted by Crippen LogP contribution is 2.19. The number of anilines is 1. The van der Waals surface area contributed by atoms with E-state index in [4.69, 9.17) is 11.6 Å². The molecule has 8 heteroatoms. The van der Waals surface area contributed by atoms with E-state index < -0.39 is 15.8 Å². The Kier molecular flexibility index (Phi) is 3.68. The average molecular weight is 302 g/mol. The molecule has 0 fully saturated rings. The van der Waals surface area contributed by atoms with Gasteiger partial charge in [0.15, 0.2) is 5.82 Å². The Morgan fingerprint density at radius 3 is 2.68 bits per heavy atom. The number of nitrogens with zero attached hydrogens (tertiary/aromatic N) is 2. The van der Waals surface area contributed by atoms with Gasteiger partial charge in [-0.1, -0.05) is 11.6 Å². The first-order valence-corrected chi connectivity index (χ1v) is 7.01. The Labute approximate surface area is 114 Å². The van der Waals surface area contributed by atoms with Gasteiger partial charge < -0.3 is 0 Å². The maximum atomic E-state index is 13.0. The third-order valence-corrected chi connectivity index (χ3v) is 3.97. The van der Waals surface area contributed by atoms with E-state index in [-0.39, 0.29) is 15.9 Å². The summed E-state index contributed by atoms with van der Waals surface area (Å²) in [4.78, 5) is 7.46. The Morgan fingerprint density at radius 2 is 2.05 bits per heavy atom. The topological polar surface area (TPSA) is 72.0 Å². The second-order valence-corrected chi connectivity index (χ2v) is 5.78. The second kappa shape index (κ2) is 5.10. The predicted octanol–water partition coefficient (Wildman–Crippen LogP) is 2.38. The van der Waals surface area contributed by atoms with Gasteiger partial charge in [0.25, 0.3) is 10.0 Å². The van der Waals surface area contributed by atoms with Crippen LogP contribution in [0.5, 0.6) is 0 Å². The van der Waals surface area contributed by atoms with Gasteiger partial charge in [-0.2, -0.15) is 0 Å². The molecule has 0 saturated carbocycles. The van der Waals surface area contributed by atoms with Crippen LogP contribution in [0, 0.1) is 12.7 Å². The van der Waals surface area contributed by atoms with Crippen LogP contribution in [-0.4, -0.2) is 18.4 Å². The van der Waals surface area contributed by atoms with Crippen LogP contribution in [-0.2, 0) is 10.0 Å². The van der Waals surface area contributed by atoms with Crippen molar-refractivity contribution in [2.45, 2.75) is 11.8 Å². The summed E-state index contributed by atoms with van der Waals surface area (Å²) in [7, 11) is -3.86.